The molecule has 320 valence electrons. The van der Waals surface area contributed by atoms with E-state index in [0.29, 0.717) is 43.3 Å². The normalized spacial score (nSPS) is 20.4. The van der Waals surface area contributed by atoms with E-state index in [4.69, 9.17) is 19.4 Å². The smallest absolute Gasteiger partial charge is 0.407 e. The van der Waals surface area contributed by atoms with E-state index in [9.17, 15) is 24.3 Å². The van der Waals surface area contributed by atoms with Crippen molar-refractivity contribution in [2.75, 3.05) is 20.2 Å². The molecule has 0 radical (unpaired) electrons. The standard InChI is InChI=1S/C47H50N8O7/c1-24(2)39(53-47(60)61-5)44(56)55-22-26(4)16-37(55)43-49-34-14-12-28-18-33-31-13-11-29(17-30(31)23-62-38(33)19-32(28)41(34)51-43)35-20-48-42(50-35)36-15-25(3)21-54(36)45(57)40(52-46(58)59)27-9-7-6-8-10-27/h6-14,17-20,24-26,36-37,39-40,52H,15-16,21-23H2,1-5H3,(H,48,50)(H,49,51)(H,53,60)(H,58,59)/t25-,26-,36-,37-,39-,40+/m0/s1. The Morgan fingerprint density at radius 3 is 2.29 bits per heavy atom. The number of alkyl carbamates (subject to hydrolysis) is 1. The number of fused-ring (bicyclic) bond motifs is 6. The molecule has 9 rings (SSSR count). The molecule has 62 heavy (non-hydrogen) atoms. The van der Waals surface area contributed by atoms with Crippen LogP contribution in [-0.2, 0) is 20.9 Å². The highest BCUT2D eigenvalue weighted by atomic mass is 16.5. The molecule has 6 aromatic rings. The van der Waals surface area contributed by atoms with Crippen LogP contribution in [0, 0.1) is 17.8 Å². The van der Waals surface area contributed by atoms with Crippen molar-refractivity contribution in [2.24, 2.45) is 17.8 Å². The van der Waals surface area contributed by atoms with Crippen molar-refractivity contribution < 1.29 is 33.8 Å². The van der Waals surface area contributed by atoms with Gasteiger partial charge in [-0.1, -0.05) is 76.2 Å². The van der Waals surface area contributed by atoms with Crippen molar-refractivity contribution in [1.82, 2.24) is 40.4 Å². The molecule has 2 saturated heterocycles. The zero-order chi connectivity index (χ0) is 43.4. The van der Waals surface area contributed by atoms with Gasteiger partial charge in [0.2, 0.25) is 5.91 Å². The average Bonchev–Trinajstić information content (AvgIpc) is 4.09. The zero-order valence-corrected chi connectivity index (χ0v) is 35.3. The summed E-state index contributed by atoms with van der Waals surface area (Å²) in [7, 11) is 1.29. The molecule has 15 heteroatoms. The van der Waals surface area contributed by atoms with Gasteiger partial charge in [0, 0.05) is 24.0 Å². The van der Waals surface area contributed by atoms with E-state index in [0.717, 1.165) is 61.9 Å². The third-order valence-corrected chi connectivity index (χ3v) is 12.5. The second-order valence-electron chi connectivity index (χ2n) is 17.3. The lowest BCUT2D eigenvalue weighted by Crippen LogP contribution is -2.51. The van der Waals surface area contributed by atoms with Crippen LogP contribution < -0.4 is 15.4 Å². The number of nitrogens with one attached hydrogen (secondary N) is 4. The molecule has 0 saturated carbocycles. The first-order valence-corrected chi connectivity index (χ1v) is 21.1. The number of nitrogens with zero attached hydrogens (tertiary/aromatic N) is 4. The Labute approximate surface area is 358 Å². The van der Waals surface area contributed by atoms with Crippen LogP contribution in [0.5, 0.6) is 5.75 Å². The van der Waals surface area contributed by atoms with Gasteiger partial charge in [0.25, 0.3) is 5.91 Å². The fourth-order valence-corrected chi connectivity index (χ4v) is 9.48. The Bertz CT molecular complexity index is 2710. The molecule has 0 spiro atoms. The topological polar surface area (TPSA) is 195 Å². The maximum absolute atomic E-state index is 14.0. The predicted molar refractivity (Wildman–Crippen MR) is 232 cm³/mol. The number of rotatable bonds is 9. The van der Waals surface area contributed by atoms with E-state index in [1.165, 1.54) is 7.11 Å². The molecule has 3 aliphatic heterocycles. The SMILES string of the molecule is COC(=O)N[C@H](C(=O)N1C[C@@H](C)C[C@H]1c1nc2c(ccc3cc4c(cc32)OCc2cc(-c3cnc([C@@H]5C[C@H](C)CN5C(=O)[C@H](NC(=O)O)c5ccccc5)[nH]3)ccc2-4)[nH]1)C(C)C. The molecule has 5 N–H and O–H groups in total. The summed E-state index contributed by atoms with van der Waals surface area (Å²) in [6, 6.07) is 21.1. The maximum atomic E-state index is 14.0. The van der Waals surface area contributed by atoms with Gasteiger partial charge in [0.1, 0.15) is 36.1 Å². The van der Waals surface area contributed by atoms with Gasteiger partial charge in [0.05, 0.1) is 42.1 Å². The second kappa shape index (κ2) is 16.2. The van der Waals surface area contributed by atoms with Crippen molar-refractivity contribution in [3.8, 4) is 28.1 Å². The minimum Gasteiger partial charge on any atom is -0.488 e. The largest absolute Gasteiger partial charge is 0.488 e. The Morgan fingerprint density at radius 1 is 0.855 bits per heavy atom. The molecule has 0 unspecified atom stereocenters. The molecular formula is C47H50N8O7. The van der Waals surface area contributed by atoms with Crippen molar-refractivity contribution in [2.45, 2.75) is 71.3 Å². The Hall–Kier alpha value is -6.90. The molecule has 2 aromatic heterocycles. The number of aromatic nitrogens is 4. The number of likely N-dealkylation sites (tertiary alicyclic amines) is 2. The van der Waals surface area contributed by atoms with E-state index >= 15 is 0 Å². The molecule has 2 fully saturated rings. The molecule has 5 heterocycles. The third-order valence-electron chi connectivity index (χ3n) is 12.5. The number of carbonyl (C=O) groups is 4. The molecule has 0 aliphatic carbocycles. The first-order chi connectivity index (χ1) is 29.9. The second-order valence-corrected chi connectivity index (χ2v) is 17.3. The average molecular weight is 839 g/mol. The number of amides is 4. The van der Waals surface area contributed by atoms with Crippen LogP contribution in [0.15, 0.2) is 79.0 Å². The molecule has 0 bridgehead atoms. The fraction of sp³-hybridized carbons (Fsp3) is 0.362. The molecule has 6 atom stereocenters. The summed E-state index contributed by atoms with van der Waals surface area (Å²) in [4.78, 5) is 72.2. The maximum Gasteiger partial charge on any atom is 0.407 e. The minimum atomic E-state index is -1.27. The van der Waals surface area contributed by atoms with Gasteiger partial charge >= 0.3 is 12.2 Å². The monoisotopic (exact) mass is 838 g/mol. The van der Waals surface area contributed by atoms with E-state index in [2.05, 4.69) is 70.8 Å². The predicted octanol–water partition coefficient (Wildman–Crippen LogP) is 7.87. The van der Waals surface area contributed by atoms with E-state index in [1.54, 1.807) is 35.4 Å². The Balaban J connectivity index is 0.970. The summed E-state index contributed by atoms with van der Waals surface area (Å²) in [5, 5.41) is 16.7. The number of carbonyl (C=O) groups excluding carboxylic acids is 3. The van der Waals surface area contributed by atoms with Crippen molar-refractivity contribution in [1.29, 1.82) is 0 Å². The van der Waals surface area contributed by atoms with E-state index in [1.807, 2.05) is 30.9 Å². The van der Waals surface area contributed by atoms with E-state index in [-0.39, 0.29) is 41.7 Å². The van der Waals surface area contributed by atoms with Crippen LogP contribution in [-0.4, -0.2) is 85.1 Å². The third kappa shape index (κ3) is 7.45. The summed E-state index contributed by atoms with van der Waals surface area (Å²) in [6.07, 6.45) is 1.31. The summed E-state index contributed by atoms with van der Waals surface area (Å²) in [5.41, 5.74) is 7.02. The number of ether oxygens (including phenoxy) is 2. The summed E-state index contributed by atoms with van der Waals surface area (Å²) in [5.74, 6) is 1.94. The number of H-pyrrole nitrogens is 2. The van der Waals surface area contributed by atoms with Gasteiger partial charge in [-0.15, -0.1) is 0 Å². The number of imidazole rings is 2. The highest BCUT2D eigenvalue weighted by Gasteiger charge is 2.41. The summed E-state index contributed by atoms with van der Waals surface area (Å²) in [6.45, 7) is 9.40. The minimum absolute atomic E-state index is 0.138. The molecule has 4 aromatic carbocycles. The lowest BCUT2D eigenvalue weighted by Gasteiger charge is -2.30. The molecule has 4 amide bonds. The number of hydrogen-bond acceptors (Lipinski definition) is 8. The van der Waals surface area contributed by atoms with Gasteiger partial charge in [-0.25, -0.2) is 19.6 Å². The number of aromatic amines is 2. The Kier molecular flexibility index (Phi) is 10.6. The van der Waals surface area contributed by atoms with Crippen molar-refractivity contribution >= 4 is 45.8 Å². The number of benzene rings is 4. The summed E-state index contributed by atoms with van der Waals surface area (Å²) >= 11 is 0. The summed E-state index contributed by atoms with van der Waals surface area (Å²) < 4.78 is 11.2. The highest BCUT2D eigenvalue weighted by molar-refractivity contribution is 6.07. The number of methoxy groups -OCH3 is 1. The zero-order valence-electron chi connectivity index (χ0n) is 35.3. The Morgan fingerprint density at radius 2 is 1.58 bits per heavy atom. The molecular weight excluding hydrogens is 789 g/mol. The van der Waals surface area contributed by atoms with Gasteiger partial charge in [-0.2, -0.15) is 0 Å². The van der Waals surface area contributed by atoms with E-state index < -0.39 is 24.3 Å². The quantitative estimate of drug-likeness (QED) is 0.0963. The van der Waals surface area contributed by atoms with Crippen LogP contribution >= 0.6 is 0 Å². The first-order valence-electron chi connectivity index (χ1n) is 21.1. The van der Waals surface area contributed by atoms with Gasteiger partial charge < -0.3 is 45.0 Å². The lowest BCUT2D eigenvalue weighted by molar-refractivity contribution is -0.136. The van der Waals surface area contributed by atoms with Gasteiger partial charge in [-0.3, -0.25) is 9.59 Å². The number of carboxylic acid groups (broad SMARTS) is 1. The van der Waals surface area contributed by atoms with Gasteiger partial charge in [0.15, 0.2) is 0 Å². The lowest BCUT2D eigenvalue weighted by atomic mass is 9.92. The van der Waals surface area contributed by atoms with Crippen LogP contribution in [0.4, 0.5) is 9.59 Å². The number of hydrogen-bond donors (Lipinski definition) is 5. The molecule has 3 aliphatic rings. The van der Waals surface area contributed by atoms with Crippen molar-refractivity contribution in [3.63, 3.8) is 0 Å². The van der Waals surface area contributed by atoms with Crippen LogP contribution in [0.1, 0.15) is 81.4 Å². The van der Waals surface area contributed by atoms with Crippen LogP contribution in [0.3, 0.4) is 0 Å². The van der Waals surface area contributed by atoms with Crippen LogP contribution in [0.2, 0.25) is 0 Å². The fourth-order valence-electron chi connectivity index (χ4n) is 9.48. The van der Waals surface area contributed by atoms with Crippen LogP contribution in [0.25, 0.3) is 44.2 Å². The van der Waals surface area contributed by atoms with Crippen molar-refractivity contribution in [3.05, 3.63) is 102 Å². The highest BCUT2D eigenvalue weighted by Crippen LogP contribution is 2.44. The van der Waals surface area contributed by atoms with Gasteiger partial charge in [-0.05, 0) is 82.5 Å². The first kappa shape index (κ1) is 40.5. The molecule has 15 nitrogen and oxygen atoms in total.